The number of ether oxygens (including phenoxy) is 2. The normalized spacial score (nSPS) is 14.7. The van der Waals surface area contributed by atoms with Crippen LogP contribution in [-0.2, 0) is 17.7 Å². The number of carbonyl (C=O) groups excluding carboxylic acids is 1. The lowest BCUT2D eigenvalue weighted by atomic mass is 9.90. The molecule has 0 saturated heterocycles. The van der Waals surface area contributed by atoms with Gasteiger partial charge in [-0.2, -0.15) is 5.26 Å². The number of fused-ring (bicyclic) bond motifs is 1. The molecular formula is C18H23ClN2O4. The molecule has 1 heterocycles. The highest BCUT2D eigenvalue weighted by Gasteiger charge is 2.26. The molecule has 2 N–H and O–H groups in total. The van der Waals surface area contributed by atoms with Crippen LogP contribution in [-0.4, -0.2) is 23.4 Å². The average molecular weight is 367 g/mol. The fourth-order valence-electron chi connectivity index (χ4n) is 2.82. The summed E-state index contributed by atoms with van der Waals surface area (Å²) in [4.78, 5) is 11.9. The molecule has 6 nitrogen and oxygen atoms in total. The van der Waals surface area contributed by atoms with Crippen LogP contribution in [0.15, 0.2) is 6.07 Å². The van der Waals surface area contributed by atoms with Gasteiger partial charge in [0.1, 0.15) is 11.4 Å². The first-order valence-electron chi connectivity index (χ1n) is 8.21. The molecule has 1 aliphatic rings. The zero-order valence-electron chi connectivity index (χ0n) is 14.7. The maximum atomic E-state index is 11.9. The van der Waals surface area contributed by atoms with Crippen molar-refractivity contribution < 1.29 is 19.4 Å². The Balaban J connectivity index is 2.31. The lowest BCUT2D eigenvalue weighted by molar-refractivity contribution is 0.0522. The van der Waals surface area contributed by atoms with E-state index < -0.39 is 17.8 Å². The number of hydrogen-bond acceptors (Lipinski definition) is 5. The number of amides is 1. The van der Waals surface area contributed by atoms with Crippen LogP contribution in [0.1, 0.15) is 56.4 Å². The molecule has 2 rings (SSSR count). The third-order valence-electron chi connectivity index (χ3n) is 3.72. The number of nitrogens with one attached hydrogen (secondary N) is 1. The molecule has 0 aliphatic carbocycles. The number of alkyl carbamates (subject to hydrolysis) is 1. The Bertz CT molecular complexity index is 692. The lowest BCUT2D eigenvalue weighted by Gasteiger charge is -2.26. The zero-order valence-corrected chi connectivity index (χ0v) is 15.4. The topological polar surface area (TPSA) is 91.6 Å². The number of carbonyl (C=O) groups is 1. The molecule has 1 aliphatic heterocycles. The van der Waals surface area contributed by atoms with E-state index in [1.807, 2.05) is 6.07 Å². The van der Waals surface area contributed by atoms with Crippen molar-refractivity contribution in [3.8, 4) is 11.8 Å². The fourth-order valence-corrected chi connectivity index (χ4v) is 3.12. The summed E-state index contributed by atoms with van der Waals surface area (Å²) in [5, 5.41) is 22.5. The summed E-state index contributed by atoms with van der Waals surface area (Å²) in [7, 11) is 0. The number of aliphatic hydroxyl groups is 1. The Labute approximate surface area is 152 Å². The van der Waals surface area contributed by atoms with E-state index in [1.165, 1.54) is 0 Å². The van der Waals surface area contributed by atoms with Crippen molar-refractivity contribution in [2.24, 2.45) is 0 Å². The van der Waals surface area contributed by atoms with Gasteiger partial charge in [0.2, 0.25) is 0 Å². The molecule has 1 aromatic rings. The first-order valence-corrected chi connectivity index (χ1v) is 8.59. The minimum absolute atomic E-state index is 0.0481. The predicted octanol–water partition coefficient (Wildman–Crippen LogP) is 3.64. The van der Waals surface area contributed by atoms with Crippen molar-refractivity contribution in [1.29, 1.82) is 5.26 Å². The number of halogens is 1. The van der Waals surface area contributed by atoms with E-state index >= 15 is 0 Å². The van der Waals surface area contributed by atoms with Crippen LogP contribution in [0.5, 0.6) is 5.75 Å². The molecule has 1 atom stereocenters. The second-order valence-electron chi connectivity index (χ2n) is 6.92. The molecule has 25 heavy (non-hydrogen) atoms. The van der Waals surface area contributed by atoms with Crippen molar-refractivity contribution in [2.75, 3.05) is 6.61 Å². The van der Waals surface area contributed by atoms with Gasteiger partial charge in [0.05, 0.1) is 30.2 Å². The number of benzene rings is 1. The third-order valence-corrected chi connectivity index (χ3v) is 4.00. The quantitative estimate of drug-likeness (QED) is 0.848. The van der Waals surface area contributed by atoms with Gasteiger partial charge in [0, 0.05) is 12.1 Å². The van der Waals surface area contributed by atoms with Gasteiger partial charge in [-0.25, -0.2) is 4.79 Å². The third kappa shape index (κ3) is 5.00. The summed E-state index contributed by atoms with van der Waals surface area (Å²) in [5.41, 5.74) is 1.47. The van der Waals surface area contributed by atoms with E-state index in [-0.39, 0.29) is 13.0 Å². The minimum atomic E-state index is -0.965. The maximum absolute atomic E-state index is 11.9. The van der Waals surface area contributed by atoms with Crippen LogP contribution < -0.4 is 10.1 Å². The van der Waals surface area contributed by atoms with Crippen molar-refractivity contribution in [1.82, 2.24) is 5.32 Å². The Morgan fingerprint density at radius 1 is 1.56 bits per heavy atom. The van der Waals surface area contributed by atoms with E-state index in [1.54, 1.807) is 26.8 Å². The zero-order chi connectivity index (χ0) is 18.6. The van der Waals surface area contributed by atoms with Gasteiger partial charge in [-0.3, -0.25) is 0 Å². The second kappa shape index (κ2) is 7.94. The highest BCUT2D eigenvalue weighted by molar-refractivity contribution is 6.32. The summed E-state index contributed by atoms with van der Waals surface area (Å²) >= 11 is 6.31. The van der Waals surface area contributed by atoms with Gasteiger partial charge in [-0.05, 0) is 50.8 Å². The highest BCUT2D eigenvalue weighted by Crippen LogP contribution is 2.40. The fraction of sp³-hybridized carbons (Fsp3) is 0.556. The molecule has 1 aromatic carbocycles. The SMILES string of the molecule is CC(C)(C)OC(=O)NCc1cc(Cl)c2c(c1C(O)CC#N)CCCO2. The van der Waals surface area contributed by atoms with Crippen molar-refractivity contribution >= 4 is 17.7 Å². The molecule has 136 valence electrons. The number of hydrogen-bond donors (Lipinski definition) is 2. The van der Waals surface area contributed by atoms with E-state index in [4.69, 9.17) is 26.3 Å². The first kappa shape index (κ1) is 19.4. The van der Waals surface area contributed by atoms with E-state index in [0.29, 0.717) is 34.9 Å². The van der Waals surface area contributed by atoms with Crippen LogP contribution in [0.2, 0.25) is 5.02 Å². The van der Waals surface area contributed by atoms with E-state index in [2.05, 4.69) is 5.32 Å². The smallest absolute Gasteiger partial charge is 0.407 e. The van der Waals surface area contributed by atoms with Crippen molar-refractivity contribution in [2.45, 2.75) is 58.3 Å². The number of nitriles is 1. The van der Waals surface area contributed by atoms with Crippen LogP contribution in [0.3, 0.4) is 0 Å². The summed E-state index contributed by atoms with van der Waals surface area (Å²) < 4.78 is 10.9. The monoisotopic (exact) mass is 366 g/mol. The number of aliphatic hydroxyl groups excluding tert-OH is 1. The van der Waals surface area contributed by atoms with Gasteiger partial charge >= 0.3 is 6.09 Å². The molecular weight excluding hydrogens is 344 g/mol. The van der Waals surface area contributed by atoms with Gasteiger partial charge in [0.25, 0.3) is 0 Å². The largest absolute Gasteiger partial charge is 0.492 e. The molecule has 0 bridgehead atoms. The van der Waals surface area contributed by atoms with Gasteiger partial charge in [0.15, 0.2) is 0 Å². The standard InChI is InChI=1S/C18H23ClN2O4/c1-18(2,3)25-17(23)21-10-11-9-13(19)16-12(5-4-8-24-16)15(11)14(22)6-7-20/h9,14,22H,4-6,8,10H2,1-3H3,(H,21,23). The summed E-state index contributed by atoms with van der Waals surface area (Å²) in [6, 6.07) is 3.64. The van der Waals surface area contributed by atoms with Gasteiger partial charge < -0.3 is 19.9 Å². The van der Waals surface area contributed by atoms with E-state index in [9.17, 15) is 9.90 Å². The van der Waals surface area contributed by atoms with Crippen LogP contribution in [0.4, 0.5) is 4.79 Å². The van der Waals surface area contributed by atoms with Crippen molar-refractivity contribution in [3.05, 3.63) is 27.8 Å². The molecule has 7 heteroatoms. The Kier molecular flexibility index (Phi) is 6.15. The van der Waals surface area contributed by atoms with E-state index in [0.717, 1.165) is 12.0 Å². The van der Waals surface area contributed by atoms with Gasteiger partial charge in [-0.1, -0.05) is 11.6 Å². The Morgan fingerprint density at radius 2 is 2.28 bits per heavy atom. The predicted molar refractivity (Wildman–Crippen MR) is 93.5 cm³/mol. The molecule has 0 fully saturated rings. The van der Waals surface area contributed by atoms with Crippen LogP contribution in [0, 0.1) is 11.3 Å². The van der Waals surface area contributed by atoms with Crippen LogP contribution in [0.25, 0.3) is 0 Å². The maximum Gasteiger partial charge on any atom is 0.407 e. The van der Waals surface area contributed by atoms with Gasteiger partial charge in [-0.15, -0.1) is 0 Å². The number of nitrogens with zero attached hydrogens (tertiary/aromatic N) is 1. The minimum Gasteiger partial charge on any atom is -0.492 e. The number of rotatable bonds is 4. The van der Waals surface area contributed by atoms with Crippen LogP contribution >= 0.6 is 11.6 Å². The molecule has 0 radical (unpaired) electrons. The molecule has 1 amide bonds. The average Bonchev–Trinajstić information content (AvgIpc) is 2.51. The molecule has 1 unspecified atom stereocenters. The summed E-state index contributed by atoms with van der Waals surface area (Å²) in [6.45, 7) is 6.04. The highest BCUT2D eigenvalue weighted by atomic mass is 35.5. The second-order valence-corrected chi connectivity index (χ2v) is 7.33. The Morgan fingerprint density at radius 3 is 2.92 bits per heavy atom. The Hall–Kier alpha value is -1.97. The molecule has 0 aromatic heterocycles. The lowest BCUT2D eigenvalue weighted by Crippen LogP contribution is -2.32. The molecule has 0 saturated carbocycles. The molecule has 0 spiro atoms. The summed E-state index contributed by atoms with van der Waals surface area (Å²) in [6.07, 6.45) is -0.0642. The van der Waals surface area contributed by atoms with Crippen molar-refractivity contribution in [3.63, 3.8) is 0 Å². The first-order chi connectivity index (χ1) is 11.7. The summed E-state index contributed by atoms with van der Waals surface area (Å²) in [5.74, 6) is 0.556.